The summed E-state index contributed by atoms with van der Waals surface area (Å²) in [5.74, 6) is -1.82. The molecule has 0 bridgehead atoms. The predicted octanol–water partition coefficient (Wildman–Crippen LogP) is 1.49. The number of aliphatic hydroxyl groups is 1. The van der Waals surface area contributed by atoms with Crippen molar-refractivity contribution in [2.45, 2.75) is 19.4 Å². The summed E-state index contributed by atoms with van der Waals surface area (Å²) in [7, 11) is 0. The first-order valence-corrected chi connectivity index (χ1v) is 6.95. The van der Waals surface area contributed by atoms with E-state index in [-0.39, 0.29) is 5.56 Å². The lowest BCUT2D eigenvalue weighted by atomic mass is 10.1. The van der Waals surface area contributed by atoms with Crippen LogP contribution in [0.15, 0.2) is 18.2 Å². The summed E-state index contributed by atoms with van der Waals surface area (Å²) in [5.41, 5.74) is -1.02. The molecular weight excluding hydrogens is 278 g/mol. The zero-order valence-corrected chi connectivity index (χ0v) is 12.3. The van der Waals surface area contributed by atoms with Gasteiger partial charge >= 0.3 is 0 Å². The molecule has 4 nitrogen and oxygen atoms in total. The predicted molar refractivity (Wildman–Crippen MR) is 75.0 cm³/mol. The van der Waals surface area contributed by atoms with E-state index in [0.717, 1.165) is 18.2 Å². The molecule has 1 amide bonds. The first-order chi connectivity index (χ1) is 9.76. The Labute approximate surface area is 123 Å². The number of carbonyl (C=O) groups excluding carboxylic acids is 1. The van der Waals surface area contributed by atoms with Crippen LogP contribution in [0.2, 0.25) is 0 Å². The van der Waals surface area contributed by atoms with E-state index in [4.69, 9.17) is 0 Å². The Morgan fingerprint density at radius 2 is 1.86 bits per heavy atom. The molecule has 1 N–H and O–H groups in total. The van der Waals surface area contributed by atoms with Gasteiger partial charge in [-0.15, -0.1) is 0 Å². The molecule has 1 aromatic rings. The SMILES string of the molecule is CC(C)(O)CN1CCN(C(=O)c2cc(F)ccc2F)CC1. The molecule has 1 saturated heterocycles. The van der Waals surface area contributed by atoms with Crippen LogP contribution in [0.4, 0.5) is 8.78 Å². The average molecular weight is 298 g/mol. The molecule has 0 radical (unpaired) electrons. The van der Waals surface area contributed by atoms with E-state index in [2.05, 4.69) is 0 Å². The van der Waals surface area contributed by atoms with E-state index < -0.39 is 23.1 Å². The van der Waals surface area contributed by atoms with Gasteiger partial charge in [-0.25, -0.2) is 8.78 Å². The number of halogens is 2. The van der Waals surface area contributed by atoms with Crippen LogP contribution in [-0.2, 0) is 0 Å². The maximum absolute atomic E-state index is 13.6. The van der Waals surface area contributed by atoms with Crippen LogP contribution in [0.5, 0.6) is 0 Å². The smallest absolute Gasteiger partial charge is 0.257 e. The van der Waals surface area contributed by atoms with E-state index in [9.17, 15) is 18.7 Å². The van der Waals surface area contributed by atoms with Gasteiger partial charge in [0.05, 0.1) is 11.2 Å². The summed E-state index contributed by atoms with van der Waals surface area (Å²) in [5, 5.41) is 9.78. The van der Waals surface area contributed by atoms with Gasteiger partial charge in [-0.3, -0.25) is 9.69 Å². The van der Waals surface area contributed by atoms with Crippen molar-refractivity contribution in [2.75, 3.05) is 32.7 Å². The lowest BCUT2D eigenvalue weighted by Gasteiger charge is -2.37. The van der Waals surface area contributed by atoms with Crippen LogP contribution in [0.25, 0.3) is 0 Å². The third-order valence-electron chi connectivity index (χ3n) is 3.43. The second-order valence-electron chi connectivity index (χ2n) is 6.00. The summed E-state index contributed by atoms with van der Waals surface area (Å²) >= 11 is 0. The third kappa shape index (κ3) is 4.22. The molecule has 0 unspecified atom stereocenters. The monoisotopic (exact) mass is 298 g/mol. The van der Waals surface area contributed by atoms with Crippen molar-refractivity contribution in [3.8, 4) is 0 Å². The van der Waals surface area contributed by atoms with Gasteiger partial charge < -0.3 is 10.0 Å². The minimum absolute atomic E-state index is 0.231. The Balaban J connectivity index is 1.99. The van der Waals surface area contributed by atoms with Crippen LogP contribution < -0.4 is 0 Å². The minimum atomic E-state index is -0.791. The van der Waals surface area contributed by atoms with Gasteiger partial charge in [0, 0.05) is 32.7 Å². The minimum Gasteiger partial charge on any atom is -0.389 e. The van der Waals surface area contributed by atoms with Gasteiger partial charge in [-0.2, -0.15) is 0 Å². The molecule has 2 rings (SSSR count). The molecule has 0 atom stereocenters. The number of amides is 1. The first-order valence-electron chi connectivity index (χ1n) is 6.95. The Morgan fingerprint density at radius 1 is 1.24 bits per heavy atom. The summed E-state index contributed by atoms with van der Waals surface area (Å²) in [4.78, 5) is 15.8. The number of hydrogen-bond acceptors (Lipinski definition) is 3. The van der Waals surface area contributed by atoms with Crippen molar-refractivity contribution in [3.05, 3.63) is 35.4 Å². The molecule has 1 aliphatic rings. The largest absolute Gasteiger partial charge is 0.389 e. The second kappa shape index (κ2) is 6.07. The Morgan fingerprint density at radius 3 is 2.43 bits per heavy atom. The topological polar surface area (TPSA) is 43.8 Å². The van der Waals surface area contributed by atoms with Gasteiger partial charge in [0.15, 0.2) is 0 Å². The molecule has 116 valence electrons. The molecule has 1 aromatic carbocycles. The van der Waals surface area contributed by atoms with Crippen LogP contribution in [0, 0.1) is 11.6 Å². The van der Waals surface area contributed by atoms with Crippen molar-refractivity contribution >= 4 is 5.91 Å². The molecular formula is C15H20F2N2O2. The molecule has 0 spiro atoms. The Kier molecular flexibility index (Phi) is 4.58. The summed E-state index contributed by atoms with van der Waals surface area (Å²) in [6, 6.07) is 2.89. The maximum Gasteiger partial charge on any atom is 0.257 e. The number of carbonyl (C=O) groups is 1. The molecule has 1 heterocycles. The first kappa shape index (κ1) is 15.9. The van der Waals surface area contributed by atoms with Crippen LogP contribution >= 0.6 is 0 Å². The molecule has 1 fully saturated rings. The van der Waals surface area contributed by atoms with Crippen molar-refractivity contribution in [3.63, 3.8) is 0 Å². The quantitative estimate of drug-likeness (QED) is 0.919. The molecule has 21 heavy (non-hydrogen) atoms. The number of rotatable bonds is 3. The summed E-state index contributed by atoms with van der Waals surface area (Å²) in [6.07, 6.45) is 0. The van der Waals surface area contributed by atoms with Crippen molar-refractivity contribution in [1.29, 1.82) is 0 Å². The van der Waals surface area contributed by atoms with Gasteiger partial charge in [-0.1, -0.05) is 0 Å². The molecule has 1 aliphatic heterocycles. The zero-order valence-electron chi connectivity index (χ0n) is 12.3. The highest BCUT2D eigenvalue weighted by Crippen LogP contribution is 2.15. The summed E-state index contributed by atoms with van der Waals surface area (Å²) < 4.78 is 26.8. The van der Waals surface area contributed by atoms with Crippen molar-refractivity contribution in [1.82, 2.24) is 9.80 Å². The van der Waals surface area contributed by atoms with E-state index in [1.807, 2.05) is 4.90 Å². The zero-order chi connectivity index (χ0) is 15.6. The number of nitrogens with zero attached hydrogens (tertiary/aromatic N) is 2. The highest BCUT2D eigenvalue weighted by Gasteiger charge is 2.26. The van der Waals surface area contributed by atoms with E-state index in [0.29, 0.717) is 32.7 Å². The number of β-amino-alcohol motifs (C(OH)–C–C–N with tert-alkyl or cyclic N) is 1. The van der Waals surface area contributed by atoms with Crippen molar-refractivity contribution in [2.24, 2.45) is 0 Å². The molecule has 0 saturated carbocycles. The van der Waals surface area contributed by atoms with Crippen molar-refractivity contribution < 1.29 is 18.7 Å². The average Bonchev–Trinajstić information content (AvgIpc) is 2.40. The second-order valence-corrected chi connectivity index (χ2v) is 6.00. The molecule has 0 aromatic heterocycles. The van der Waals surface area contributed by atoms with E-state index >= 15 is 0 Å². The number of benzene rings is 1. The fraction of sp³-hybridized carbons (Fsp3) is 0.533. The van der Waals surface area contributed by atoms with Crippen LogP contribution in [0.1, 0.15) is 24.2 Å². The fourth-order valence-corrected chi connectivity index (χ4v) is 2.49. The van der Waals surface area contributed by atoms with Gasteiger partial charge in [0.2, 0.25) is 0 Å². The van der Waals surface area contributed by atoms with Crippen LogP contribution in [0.3, 0.4) is 0 Å². The highest BCUT2D eigenvalue weighted by atomic mass is 19.1. The Bertz CT molecular complexity index is 521. The number of hydrogen-bond donors (Lipinski definition) is 1. The lowest BCUT2D eigenvalue weighted by Crippen LogP contribution is -2.52. The Hall–Kier alpha value is -1.53. The normalized spacial score (nSPS) is 17.1. The number of piperazine rings is 1. The van der Waals surface area contributed by atoms with E-state index in [1.165, 1.54) is 4.90 Å². The van der Waals surface area contributed by atoms with Crippen LogP contribution in [-0.4, -0.2) is 59.1 Å². The van der Waals surface area contributed by atoms with Gasteiger partial charge in [0.1, 0.15) is 11.6 Å². The van der Waals surface area contributed by atoms with Gasteiger partial charge in [0.25, 0.3) is 5.91 Å². The lowest BCUT2D eigenvalue weighted by molar-refractivity contribution is 0.0177. The maximum atomic E-state index is 13.6. The highest BCUT2D eigenvalue weighted by molar-refractivity contribution is 5.94. The third-order valence-corrected chi connectivity index (χ3v) is 3.43. The standard InChI is InChI=1S/C15H20F2N2O2/c1-15(2,21)10-18-5-7-19(8-6-18)14(20)12-9-11(16)3-4-13(12)17/h3-4,9,21H,5-8,10H2,1-2H3. The molecule has 0 aliphatic carbocycles. The fourth-order valence-electron chi connectivity index (χ4n) is 2.49. The summed E-state index contributed by atoms with van der Waals surface area (Å²) in [6.45, 7) is 6.05. The van der Waals surface area contributed by atoms with Gasteiger partial charge in [-0.05, 0) is 32.0 Å². The van der Waals surface area contributed by atoms with E-state index in [1.54, 1.807) is 13.8 Å². The molecule has 6 heteroatoms.